The predicted octanol–water partition coefficient (Wildman–Crippen LogP) is 3.29. The molecule has 0 fully saturated rings. The topological polar surface area (TPSA) is 76.1 Å². The van der Waals surface area contributed by atoms with E-state index in [4.69, 9.17) is 0 Å². The Hall–Kier alpha value is -1.25. The number of nitrogens with zero attached hydrogens (tertiary/aromatic N) is 1. The lowest BCUT2D eigenvalue weighted by Gasteiger charge is -2.06. The van der Waals surface area contributed by atoms with Crippen LogP contribution in [0.15, 0.2) is 33.6 Å². The van der Waals surface area contributed by atoms with Crippen LogP contribution in [0.25, 0.3) is 0 Å². The van der Waals surface area contributed by atoms with E-state index in [-0.39, 0.29) is 4.90 Å². The Kier molecular flexibility index (Phi) is 5.36. The van der Waals surface area contributed by atoms with Gasteiger partial charge in [-0.2, -0.15) is 0 Å². The van der Waals surface area contributed by atoms with Gasteiger partial charge in [-0.05, 0) is 44.0 Å². The lowest BCUT2D eigenvalue weighted by Crippen LogP contribution is -2.30. The number of thiazole rings is 1. The van der Waals surface area contributed by atoms with Crippen LogP contribution < -0.4 is 4.72 Å². The van der Waals surface area contributed by atoms with Crippen LogP contribution in [0.4, 0.5) is 0 Å². The van der Waals surface area contributed by atoms with Gasteiger partial charge in [0.15, 0.2) is 0 Å². The number of amides is 1. The van der Waals surface area contributed by atoms with Gasteiger partial charge in [0, 0.05) is 4.47 Å². The SMILES string of the molecule is CCCc1nc(C)c(C(=O)NS(=O)(=O)c2ccc(Br)cc2)s1. The largest absolute Gasteiger partial charge is 0.276 e. The molecule has 0 bridgehead atoms. The summed E-state index contributed by atoms with van der Waals surface area (Å²) in [5.74, 6) is -0.639. The summed E-state index contributed by atoms with van der Waals surface area (Å²) in [6.07, 6.45) is 1.70. The van der Waals surface area contributed by atoms with E-state index in [2.05, 4.69) is 25.6 Å². The summed E-state index contributed by atoms with van der Waals surface area (Å²) in [5, 5.41) is 0.839. The molecule has 118 valence electrons. The molecule has 0 saturated heterocycles. The van der Waals surface area contributed by atoms with Gasteiger partial charge < -0.3 is 0 Å². The molecule has 0 saturated carbocycles. The minimum Gasteiger partial charge on any atom is -0.267 e. The van der Waals surface area contributed by atoms with Gasteiger partial charge in [-0.1, -0.05) is 22.9 Å². The van der Waals surface area contributed by atoms with Gasteiger partial charge in [0.25, 0.3) is 15.9 Å². The van der Waals surface area contributed by atoms with Gasteiger partial charge in [0.2, 0.25) is 0 Å². The van der Waals surface area contributed by atoms with Crippen LogP contribution in [-0.2, 0) is 16.4 Å². The van der Waals surface area contributed by atoms with Gasteiger partial charge in [-0.3, -0.25) is 4.79 Å². The average molecular weight is 403 g/mol. The van der Waals surface area contributed by atoms with E-state index < -0.39 is 15.9 Å². The molecule has 2 rings (SSSR count). The summed E-state index contributed by atoms with van der Waals surface area (Å²) in [6, 6.07) is 6.08. The van der Waals surface area contributed by atoms with Crippen molar-refractivity contribution in [1.29, 1.82) is 0 Å². The fourth-order valence-electron chi connectivity index (χ4n) is 1.82. The zero-order chi connectivity index (χ0) is 16.3. The van der Waals surface area contributed by atoms with E-state index in [1.165, 1.54) is 23.5 Å². The maximum absolute atomic E-state index is 12.2. The van der Waals surface area contributed by atoms with Gasteiger partial charge in [0.1, 0.15) is 4.88 Å². The molecule has 1 heterocycles. The van der Waals surface area contributed by atoms with Crippen LogP contribution in [0.2, 0.25) is 0 Å². The molecule has 0 aliphatic heterocycles. The Bertz CT molecular complexity index is 783. The van der Waals surface area contributed by atoms with Crippen molar-refractivity contribution in [3.63, 3.8) is 0 Å². The van der Waals surface area contributed by atoms with Gasteiger partial charge in [0.05, 0.1) is 15.6 Å². The number of benzene rings is 1. The maximum atomic E-state index is 12.2. The minimum absolute atomic E-state index is 0.0417. The quantitative estimate of drug-likeness (QED) is 0.831. The minimum atomic E-state index is -3.89. The van der Waals surface area contributed by atoms with E-state index in [1.807, 2.05) is 6.92 Å². The number of aryl methyl sites for hydroxylation is 2. The molecule has 0 unspecified atom stereocenters. The van der Waals surface area contributed by atoms with Crippen LogP contribution in [0.5, 0.6) is 0 Å². The third-order valence-corrected chi connectivity index (χ3v) is 5.95. The van der Waals surface area contributed by atoms with Crippen molar-refractivity contribution >= 4 is 43.2 Å². The summed E-state index contributed by atoms with van der Waals surface area (Å²) < 4.78 is 27.3. The zero-order valence-electron chi connectivity index (χ0n) is 12.1. The lowest BCUT2D eigenvalue weighted by molar-refractivity contribution is 0.0984. The molecule has 2 aromatic rings. The normalized spacial score (nSPS) is 11.4. The number of rotatable bonds is 5. The summed E-state index contributed by atoms with van der Waals surface area (Å²) in [6.45, 7) is 3.73. The zero-order valence-corrected chi connectivity index (χ0v) is 15.3. The summed E-state index contributed by atoms with van der Waals surface area (Å²) in [5.41, 5.74) is 0.553. The number of carbonyl (C=O) groups is 1. The Morgan fingerprint density at radius 3 is 2.55 bits per heavy atom. The van der Waals surface area contributed by atoms with Crippen molar-refractivity contribution in [1.82, 2.24) is 9.71 Å². The number of aromatic nitrogens is 1. The van der Waals surface area contributed by atoms with E-state index in [1.54, 1.807) is 19.1 Å². The molecule has 0 aliphatic rings. The Balaban J connectivity index is 2.22. The Morgan fingerprint density at radius 2 is 1.95 bits per heavy atom. The van der Waals surface area contributed by atoms with Crippen LogP contribution >= 0.6 is 27.3 Å². The lowest BCUT2D eigenvalue weighted by atomic mass is 10.3. The highest BCUT2D eigenvalue weighted by molar-refractivity contribution is 9.10. The highest BCUT2D eigenvalue weighted by Gasteiger charge is 2.22. The van der Waals surface area contributed by atoms with E-state index in [0.29, 0.717) is 10.6 Å². The third-order valence-electron chi connectivity index (χ3n) is 2.86. The molecular weight excluding hydrogens is 388 g/mol. The highest BCUT2D eigenvalue weighted by atomic mass is 79.9. The van der Waals surface area contributed by atoms with Crippen molar-refractivity contribution < 1.29 is 13.2 Å². The molecule has 0 aliphatic carbocycles. The number of carbonyl (C=O) groups excluding carboxylic acids is 1. The second-order valence-electron chi connectivity index (χ2n) is 4.66. The Morgan fingerprint density at radius 1 is 1.32 bits per heavy atom. The van der Waals surface area contributed by atoms with E-state index in [9.17, 15) is 13.2 Å². The first kappa shape index (κ1) is 17.1. The average Bonchev–Trinajstić information content (AvgIpc) is 2.80. The van der Waals surface area contributed by atoms with Crippen molar-refractivity contribution in [3.8, 4) is 0 Å². The standard InChI is InChI=1S/C14H15BrN2O3S2/c1-3-4-12-16-9(2)13(21-12)14(18)17-22(19,20)11-7-5-10(15)6-8-11/h5-8H,3-4H2,1-2H3,(H,17,18). The van der Waals surface area contributed by atoms with Crippen LogP contribution in [0.1, 0.15) is 33.7 Å². The van der Waals surface area contributed by atoms with Gasteiger partial charge >= 0.3 is 0 Å². The molecule has 0 radical (unpaired) electrons. The van der Waals surface area contributed by atoms with Crippen LogP contribution in [-0.4, -0.2) is 19.3 Å². The molecule has 22 heavy (non-hydrogen) atoms. The molecule has 1 amide bonds. The number of halogens is 1. The first-order valence-corrected chi connectivity index (χ1v) is 9.71. The first-order chi connectivity index (χ1) is 10.3. The molecule has 0 atom stereocenters. The van der Waals surface area contributed by atoms with Gasteiger partial charge in [-0.25, -0.2) is 18.1 Å². The molecule has 1 aromatic carbocycles. The fourth-order valence-corrected chi connectivity index (χ4v) is 4.17. The highest BCUT2D eigenvalue weighted by Crippen LogP contribution is 2.20. The number of hydrogen-bond donors (Lipinski definition) is 1. The predicted molar refractivity (Wildman–Crippen MR) is 89.6 cm³/mol. The molecule has 8 heteroatoms. The summed E-state index contributed by atoms with van der Waals surface area (Å²) in [4.78, 5) is 16.9. The molecule has 5 nitrogen and oxygen atoms in total. The molecule has 1 aromatic heterocycles. The third kappa shape index (κ3) is 3.93. The van der Waals surface area contributed by atoms with E-state index >= 15 is 0 Å². The smallest absolute Gasteiger partial charge is 0.267 e. The maximum Gasteiger partial charge on any atom is 0.276 e. The second-order valence-corrected chi connectivity index (χ2v) is 8.34. The number of sulfonamides is 1. The van der Waals surface area contributed by atoms with Crippen molar-refractivity contribution in [2.75, 3.05) is 0 Å². The molecule has 1 N–H and O–H groups in total. The summed E-state index contributed by atoms with van der Waals surface area (Å²) >= 11 is 4.47. The second kappa shape index (κ2) is 6.89. The summed E-state index contributed by atoms with van der Waals surface area (Å²) in [7, 11) is -3.89. The van der Waals surface area contributed by atoms with E-state index in [0.717, 1.165) is 22.3 Å². The number of hydrogen-bond acceptors (Lipinski definition) is 5. The Labute approximate surface area is 142 Å². The van der Waals surface area contributed by atoms with Crippen molar-refractivity contribution in [3.05, 3.63) is 44.3 Å². The molecular formula is C14H15BrN2O3S2. The number of nitrogens with one attached hydrogen (secondary N) is 1. The monoisotopic (exact) mass is 402 g/mol. The van der Waals surface area contributed by atoms with Crippen LogP contribution in [0.3, 0.4) is 0 Å². The van der Waals surface area contributed by atoms with Crippen molar-refractivity contribution in [2.24, 2.45) is 0 Å². The molecule has 0 spiro atoms. The fraction of sp³-hybridized carbons (Fsp3) is 0.286. The first-order valence-electron chi connectivity index (χ1n) is 6.62. The van der Waals surface area contributed by atoms with Crippen LogP contribution in [0, 0.1) is 6.92 Å². The van der Waals surface area contributed by atoms with Crippen molar-refractivity contribution in [2.45, 2.75) is 31.6 Å². The van der Waals surface area contributed by atoms with Gasteiger partial charge in [-0.15, -0.1) is 11.3 Å².